The molecular formula is C11H18O3. The van der Waals surface area contributed by atoms with Crippen molar-refractivity contribution in [3.8, 4) is 0 Å². The molecule has 14 heavy (non-hydrogen) atoms. The Balaban J connectivity index is 2.26. The minimum Gasteiger partial charge on any atom is -0.456 e. The van der Waals surface area contributed by atoms with Crippen molar-refractivity contribution >= 4 is 5.97 Å². The Hall–Kier alpha value is -0.570. The van der Waals surface area contributed by atoms with Crippen LogP contribution >= 0.6 is 0 Å². The summed E-state index contributed by atoms with van der Waals surface area (Å²) < 4.78 is 5.35. The number of aliphatic hydroxyl groups excluding tert-OH is 1. The van der Waals surface area contributed by atoms with Gasteiger partial charge in [0, 0.05) is 6.92 Å². The Labute approximate surface area is 84.4 Å². The van der Waals surface area contributed by atoms with Gasteiger partial charge >= 0.3 is 5.97 Å². The normalized spacial score (nSPS) is 44.0. The molecule has 2 aliphatic carbocycles. The van der Waals surface area contributed by atoms with Crippen LogP contribution in [0, 0.1) is 11.3 Å². The maximum Gasteiger partial charge on any atom is 0.303 e. The highest BCUT2D eigenvalue weighted by Gasteiger charge is 2.63. The van der Waals surface area contributed by atoms with Gasteiger partial charge in [0.05, 0.1) is 6.10 Å². The molecule has 1 N–H and O–H groups in total. The van der Waals surface area contributed by atoms with E-state index >= 15 is 0 Å². The maximum absolute atomic E-state index is 11.0. The van der Waals surface area contributed by atoms with Crippen LogP contribution in [0.25, 0.3) is 0 Å². The third-order valence-electron chi connectivity index (χ3n) is 4.11. The van der Waals surface area contributed by atoms with Crippen LogP contribution in [0.15, 0.2) is 0 Å². The molecule has 0 aromatic carbocycles. The van der Waals surface area contributed by atoms with Gasteiger partial charge in [0.25, 0.3) is 0 Å². The summed E-state index contributed by atoms with van der Waals surface area (Å²) in [7, 11) is 0. The van der Waals surface area contributed by atoms with Crippen molar-refractivity contribution < 1.29 is 14.6 Å². The average Bonchev–Trinajstić information content (AvgIpc) is 2.52. The van der Waals surface area contributed by atoms with Crippen LogP contribution in [0.4, 0.5) is 0 Å². The summed E-state index contributed by atoms with van der Waals surface area (Å²) in [6.07, 6.45) is 2.22. The number of fused-ring (bicyclic) bond motifs is 2. The standard InChI is InChI=1S/C11H18O3/c1-7(12)14-11-5-4-8(6-11)10(2,3)9(11)13/h8-9,13H,4-6H2,1-3H3. The zero-order valence-electron chi connectivity index (χ0n) is 9.04. The van der Waals surface area contributed by atoms with Gasteiger partial charge in [0.2, 0.25) is 0 Å². The summed E-state index contributed by atoms with van der Waals surface area (Å²) >= 11 is 0. The third kappa shape index (κ3) is 1.11. The van der Waals surface area contributed by atoms with Crippen LogP contribution in [-0.2, 0) is 9.53 Å². The fourth-order valence-corrected chi connectivity index (χ4v) is 3.26. The first-order valence-corrected chi connectivity index (χ1v) is 5.26. The van der Waals surface area contributed by atoms with Crippen molar-refractivity contribution in [2.75, 3.05) is 0 Å². The smallest absolute Gasteiger partial charge is 0.303 e. The zero-order valence-corrected chi connectivity index (χ0v) is 9.04. The van der Waals surface area contributed by atoms with Gasteiger partial charge < -0.3 is 9.84 Å². The minimum absolute atomic E-state index is 0.103. The highest BCUT2D eigenvalue weighted by molar-refractivity contribution is 5.66. The van der Waals surface area contributed by atoms with Gasteiger partial charge in [-0.2, -0.15) is 0 Å². The number of hydrogen-bond acceptors (Lipinski definition) is 3. The highest BCUT2D eigenvalue weighted by Crippen LogP contribution is 2.59. The molecule has 2 fully saturated rings. The third-order valence-corrected chi connectivity index (χ3v) is 4.11. The van der Waals surface area contributed by atoms with Gasteiger partial charge in [-0.25, -0.2) is 0 Å². The van der Waals surface area contributed by atoms with Crippen molar-refractivity contribution in [3.05, 3.63) is 0 Å². The molecule has 0 spiro atoms. The monoisotopic (exact) mass is 198 g/mol. The molecule has 3 nitrogen and oxygen atoms in total. The highest BCUT2D eigenvalue weighted by atomic mass is 16.6. The van der Waals surface area contributed by atoms with Crippen LogP contribution in [0.1, 0.15) is 40.0 Å². The molecule has 0 radical (unpaired) electrons. The van der Waals surface area contributed by atoms with Crippen molar-refractivity contribution in [2.24, 2.45) is 11.3 Å². The summed E-state index contributed by atoms with van der Waals surface area (Å²) in [5.41, 5.74) is -0.673. The molecule has 0 aromatic rings. The van der Waals surface area contributed by atoms with Gasteiger partial charge in [0.15, 0.2) is 0 Å². The lowest BCUT2D eigenvalue weighted by Gasteiger charge is -2.39. The molecule has 2 rings (SSSR count). The number of hydrogen-bond donors (Lipinski definition) is 1. The lowest BCUT2D eigenvalue weighted by atomic mass is 9.73. The van der Waals surface area contributed by atoms with Crippen molar-refractivity contribution in [2.45, 2.75) is 51.7 Å². The maximum atomic E-state index is 11.0. The quantitative estimate of drug-likeness (QED) is 0.649. The summed E-state index contributed by atoms with van der Waals surface area (Å²) in [5, 5.41) is 10.2. The topological polar surface area (TPSA) is 46.5 Å². The van der Waals surface area contributed by atoms with E-state index in [1.807, 2.05) is 0 Å². The SMILES string of the molecule is CC(=O)OC12CCC(C1)C(C)(C)C2O. The second kappa shape index (κ2) is 2.72. The molecule has 0 amide bonds. The van der Waals surface area contributed by atoms with Crippen LogP contribution < -0.4 is 0 Å². The Morgan fingerprint density at radius 1 is 1.50 bits per heavy atom. The average molecular weight is 198 g/mol. The number of rotatable bonds is 1. The molecule has 0 heterocycles. The van der Waals surface area contributed by atoms with E-state index in [9.17, 15) is 9.90 Å². The van der Waals surface area contributed by atoms with E-state index in [0.717, 1.165) is 19.3 Å². The number of carbonyl (C=O) groups excluding carboxylic acids is 1. The molecule has 2 saturated carbocycles. The summed E-state index contributed by atoms with van der Waals surface area (Å²) in [6.45, 7) is 5.54. The van der Waals surface area contributed by atoms with Crippen molar-refractivity contribution in [3.63, 3.8) is 0 Å². The molecule has 0 aromatic heterocycles. The Kier molecular flexibility index (Phi) is 1.94. The summed E-state index contributed by atoms with van der Waals surface area (Å²) in [5.74, 6) is 0.222. The van der Waals surface area contributed by atoms with Crippen LogP contribution in [-0.4, -0.2) is 22.8 Å². The van der Waals surface area contributed by atoms with E-state index in [1.165, 1.54) is 6.92 Å². The van der Waals surface area contributed by atoms with Crippen molar-refractivity contribution in [1.29, 1.82) is 0 Å². The summed E-state index contributed by atoms with van der Waals surface area (Å²) in [4.78, 5) is 11.0. The van der Waals surface area contributed by atoms with E-state index in [4.69, 9.17) is 4.74 Å². The Morgan fingerprint density at radius 2 is 2.14 bits per heavy atom. The van der Waals surface area contributed by atoms with E-state index < -0.39 is 11.7 Å². The molecule has 3 unspecified atom stereocenters. The summed E-state index contributed by atoms with van der Waals surface area (Å²) in [6, 6.07) is 0. The zero-order chi connectivity index (χ0) is 10.6. The fourth-order valence-electron chi connectivity index (χ4n) is 3.26. The fraction of sp³-hybridized carbons (Fsp3) is 0.909. The van der Waals surface area contributed by atoms with Gasteiger partial charge in [-0.3, -0.25) is 4.79 Å². The second-order valence-electron chi connectivity index (χ2n) is 5.32. The van der Waals surface area contributed by atoms with Gasteiger partial charge in [0.1, 0.15) is 5.60 Å². The first kappa shape index (κ1) is 9.97. The lowest BCUT2D eigenvalue weighted by molar-refractivity contribution is -0.174. The van der Waals surface area contributed by atoms with Gasteiger partial charge in [-0.15, -0.1) is 0 Å². The first-order chi connectivity index (χ1) is 6.38. The minimum atomic E-state index is -0.569. The predicted molar refractivity (Wildman–Crippen MR) is 51.6 cm³/mol. The van der Waals surface area contributed by atoms with Crippen LogP contribution in [0.5, 0.6) is 0 Å². The molecule has 3 heteroatoms. The Bertz CT molecular complexity index is 272. The number of esters is 1. The number of ether oxygens (including phenoxy) is 1. The van der Waals surface area contributed by atoms with Gasteiger partial charge in [-0.05, 0) is 30.6 Å². The van der Waals surface area contributed by atoms with E-state index in [2.05, 4.69) is 13.8 Å². The molecule has 0 saturated heterocycles. The molecule has 0 aliphatic heterocycles. The van der Waals surface area contributed by atoms with Crippen LogP contribution in [0.2, 0.25) is 0 Å². The van der Waals surface area contributed by atoms with Crippen LogP contribution in [0.3, 0.4) is 0 Å². The second-order valence-corrected chi connectivity index (χ2v) is 5.32. The van der Waals surface area contributed by atoms with Gasteiger partial charge in [-0.1, -0.05) is 13.8 Å². The lowest BCUT2D eigenvalue weighted by Crippen LogP contribution is -2.48. The largest absolute Gasteiger partial charge is 0.456 e. The molecule has 2 aliphatic rings. The number of carbonyl (C=O) groups is 1. The Morgan fingerprint density at radius 3 is 2.57 bits per heavy atom. The van der Waals surface area contributed by atoms with E-state index in [0.29, 0.717) is 5.92 Å². The molecular weight excluding hydrogens is 180 g/mol. The van der Waals surface area contributed by atoms with E-state index in [1.54, 1.807) is 0 Å². The van der Waals surface area contributed by atoms with E-state index in [-0.39, 0.29) is 11.4 Å². The molecule has 80 valence electrons. The number of aliphatic hydroxyl groups is 1. The molecule has 3 atom stereocenters. The molecule has 2 bridgehead atoms. The van der Waals surface area contributed by atoms with Crippen molar-refractivity contribution in [1.82, 2.24) is 0 Å². The first-order valence-electron chi connectivity index (χ1n) is 5.26. The predicted octanol–water partition coefficient (Wildman–Crippen LogP) is 1.49.